The van der Waals surface area contributed by atoms with Gasteiger partial charge in [-0.05, 0) is 63.9 Å². The lowest BCUT2D eigenvalue weighted by Gasteiger charge is -2.11. The van der Waals surface area contributed by atoms with Gasteiger partial charge in [0, 0.05) is 12.1 Å². The standard InChI is InChI=1S/C29H22N2/c1-20-10-15-28-27(16-20)30-29(26-14-13-23-7-3-5-9-25(23)18-26)31(28)19-21-11-12-22-6-2-4-8-24(22)17-21/h2-18H,19H2,1H3. The van der Waals surface area contributed by atoms with Crippen molar-refractivity contribution in [1.82, 2.24) is 9.55 Å². The minimum absolute atomic E-state index is 0.784. The van der Waals surface area contributed by atoms with E-state index >= 15 is 0 Å². The number of imidazole rings is 1. The third-order valence-electron chi connectivity index (χ3n) is 6.07. The van der Waals surface area contributed by atoms with Gasteiger partial charge in [0.15, 0.2) is 0 Å². The third kappa shape index (κ3) is 3.17. The van der Waals surface area contributed by atoms with Crippen molar-refractivity contribution in [3.05, 3.63) is 114 Å². The molecule has 0 fully saturated rings. The number of aromatic nitrogens is 2. The number of benzene rings is 5. The van der Waals surface area contributed by atoms with Gasteiger partial charge in [-0.1, -0.05) is 78.9 Å². The molecule has 0 unspecified atom stereocenters. The van der Waals surface area contributed by atoms with Gasteiger partial charge >= 0.3 is 0 Å². The molecule has 0 aliphatic heterocycles. The van der Waals surface area contributed by atoms with Gasteiger partial charge in [0.25, 0.3) is 0 Å². The van der Waals surface area contributed by atoms with Gasteiger partial charge in [-0.25, -0.2) is 4.98 Å². The Morgan fingerprint density at radius 3 is 2.10 bits per heavy atom. The highest BCUT2D eigenvalue weighted by molar-refractivity contribution is 5.89. The van der Waals surface area contributed by atoms with Crippen molar-refractivity contribution < 1.29 is 0 Å². The van der Waals surface area contributed by atoms with Gasteiger partial charge in [-0.2, -0.15) is 0 Å². The van der Waals surface area contributed by atoms with Crippen LogP contribution >= 0.6 is 0 Å². The highest BCUT2D eigenvalue weighted by Crippen LogP contribution is 2.29. The van der Waals surface area contributed by atoms with Crippen LogP contribution in [0.4, 0.5) is 0 Å². The van der Waals surface area contributed by atoms with Gasteiger partial charge in [0.05, 0.1) is 11.0 Å². The molecule has 0 radical (unpaired) electrons. The van der Waals surface area contributed by atoms with Crippen molar-refractivity contribution >= 4 is 32.6 Å². The molecule has 6 rings (SSSR count). The second-order valence-corrected chi connectivity index (χ2v) is 8.26. The SMILES string of the molecule is Cc1ccc2c(c1)nc(-c1ccc3ccccc3c1)n2Cc1ccc2ccccc2c1. The lowest BCUT2D eigenvalue weighted by molar-refractivity contribution is 0.836. The third-order valence-corrected chi connectivity index (χ3v) is 6.07. The van der Waals surface area contributed by atoms with Crippen LogP contribution in [-0.2, 0) is 6.54 Å². The predicted octanol–water partition coefficient (Wildman–Crippen LogP) is 7.37. The van der Waals surface area contributed by atoms with Crippen LogP contribution in [0.3, 0.4) is 0 Å². The summed E-state index contributed by atoms with van der Waals surface area (Å²) >= 11 is 0. The molecule has 31 heavy (non-hydrogen) atoms. The first-order valence-corrected chi connectivity index (χ1v) is 10.7. The molecule has 5 aromatic carbocycles. The quantitative estimate of drug-likeness (QED) is 0.304. The summed E-state index contributed by atoms with van der Waals surface area (Å²) in [4.78, 5) is 5.07. The van der Waals surface area contributed by atoms with Gasteiger partial charge in [0.1, 0.15) is 5.82 Å². The normalized spacial score (nSPS) is 11.5. The van der Waals surface area contributed by atoms with E-state index in [0.29, 0.717) is 0 Å². The van der Waals surface area contributed by atoms with Crippen LogP contribution in [0.5, 0.6) is 0 Å². The fourth-order valence-electron chi connectivity index (χ4n) is 4.47. The first-order valence-electron chi connectivity index (χ1n) is 10.7. The maximum Gasteiger partial charge on any atom is 0.141 e. The molecule has 2 heteroatoms. The van der Waals surface area contributed by atoms with Gasteiger partial charge in [-0.3, -0.25) is 0 Å². The Labute approximate surface area is 181 Å². The van der Waals surface area contributed by atoms with Crippen molar-refractivity contribution in [1.29, 1.82) is 0 Å². The lowest BCUT2D eigenvalue weighted by Crippen LogP contribution is -2.02. The summed E-state index contributed by atoms with van der Waals surface area (Å²) in [7, 11) is 0. The topological polar surface area (TPSA) is 17.8 Å². The summed E-state index contributed by atoms with van der Waals surface area (Å²) in [6, 6.07) is 36.9. The zero-order valence-corrected chi connectivity index (χ0v) is 17.4. The molecule has 0 aliphatic rings. The smallest absolute Gasteiger partial charge is 0.141 e. The van der Waals surface area contributed by atoms with Crippen molar-refractivity contribution in [3.63, 3.8) is 0 Å². The second kappa shape index (κ2) is 7.10. The molecule has 0 N–H and O–H groups in total. The molecule has 1 aromatic heterocycles. The van der Waals surface area contributed by atoms with E-state index in [1.54, 1.807) is 0 Å². The highest BCUT2D eigenvalue weighted by atomic mass is 15.1. The Balaban J connectivity index is 1.54. The van der Waals surface area contributed by atoms with E-state index in [9.17, 15) is 0 Å². The summed E-state index contributed by atoms with van der Waals surface area (Å²) in [5, 5.41) is 5.03. The molecule has 1 heterocycles. The summed E-state index contributed by atoms with van der Waals surface area (Å²) in [5.41, 5.74) is 5.87. The maximum absolute atomic E-state index is 5.07. The molecule has 148 valence electrons. The van der Waals surface area contributed by atoms with Crippen LogP contribution in [0.1, 0.15) is 11.1 Å². The number of nitrogens with zero attached hydrogens (tertiary/aromatic N) is 2. The first-order chi connectivity index (χ1) is 15.2. The molecule has 2 nitrogen and oxygen atoms in total. The number of hydrogen-bond donors (Lipinski definition) is 0. The molecule has 0 spiro atoms. The van der Waals surface area contributed by atoms with Crippen molar-refractivity contribution in [2.45, 2.75) is 13.5 Å². The molecule has 0 bridgehead atoms. The Bertz CT molecular complexity index is 1570. The fourth-order valence-corrected chi connectivity index (χ4v) is 4.47. The van der Waals surface area contributed by atoms with E-state index in [1.807, 2.05) is 0 Å². The first kappa shape index (κ1) is 17.9. The Morgan fingerprint density at radius 1 is 0.645 bits per heavy atom. The maximum atomic E-state index is 5.07. The van der Waals surface area contributed by atoms with Crippen molar-refractivity contribution in [3.8, 4) is 11.4 Å². The average molecular weight is 399 g/mol. The summed E-state index contributed by atoms with van der Waals surface area (Å²) in [5.74, 6) is 1.01. The number of rotatable bonds is 3. The number of aryl methyl sites for hydroxylation is 1. The Morgan fingerprint density at radius 2 is 1.32 bits per heavy atom. The van der Waals surface area contributed by atoms with E-state index in [1.165, 1.54) is 38.2 Å². The van der Waals surface area contributed by atoms with Crippen LogP contribution in [0.25, 0.3) is 44.0 Å². The van der Waals surface area contributed by atoms with Crippen molar-refractivity contribution in [2.75, 3.05) is 0 Å². The van der Waals surface area contributed by atoms with Gasteiger partial charge in [0.2, 0.25) is 0 Å². The van der Waals surface area contributed by atoms with E-state index in [0.717, 1.165) is 23.4 Å². The van der Waals surface area contributed by atoms with Crippen LogP contribution in [0.2, 0.25) is 0 Å². The van der Waals surface area contributed by atoms with Crippen LogP contribution < -0.4 is 0 Å². The lowest BCUT2D eigenvalue weighted by atomic mass is 10.1. The number of hydrogen-bond acceptors (Lipinski definition) is 1. The largest absolute Gasteiger partial charge is 0.319 e. The molecule has 0 saturated heterocycles. The van der Waals surface area contributed by atoms with E-state index < -0.39 is 0 Å². The summed E-state index contributed by atoms with van der Waals surface area (Å²) < 4.78 is 2.35. The van der Waals surface area contributed by atoms with E-state index in [4.69, 9.17) is 4.98 Å². The van der Waals surface area contributed by atoms with E-state index in [-0.39, 0.29) is 0 Å². The minimum Gasteiger partial charge on any atom is -0.319 e. The average Bonchev–Trinajstić information content (AvgIpc) is 3.16. The molecule has 0 amide bonds. The molecular formula is C29H22N2. The molecule has 0 atom stereocenters. The molecule has 0 aliphatic carbocycles. The Hall–Kier alpha value is -3.91. The predicted molar refractivity (Wildman–Crippen MR) is 130 cm³/mol. The van der Waals surface area contributed by atoms with Gasteiger partial charge in [-0.15, -0.1) is 0 Å². The summed E-state index contributed by atoms with van der Waals surface area (Å²) in [6.45, 7) is 2.91. The summed E-state index contributed by atoms with van der Waals surface area (Å²) in [6.07, 6.45) is 0. The van der Waals surface area contributed by atoms with Gasteiger partial charge < -0.3 is 4.57 Å². The fraction of sp³-hybridized carbons (Fsp3) is 0.0690. The minimum atomic E-state index is 0.784. The van der Waals surface area contributed by atoms with Crippen molar-refractivity contribution in [2.24, 2.45) is 0 Å². The zero-order valence-electron chi connectivity index (χ0n) is 17.4. The monoisotopic (exact) mass is 398 g/mol. The molecule has 6 aromatic rings. The molecular weight excluding hydrogens is 376 g/mol. The number of fused-ring (bicyclic) bond motifs is 3. The van der Waals surface area contributed by atoms with Crippen LogP contribution in [0.15, 0.2) is 103 Å². The van der Waals surface area contributed by atoms with E-state index in [2.05, 4.69) is 115 Å². The highest BCUT2D eigenvalue weighted by Gasteiger charge is 2.14. The molecule has 0 saturated carbocycles. The van der Waals surface area contributed by atoms with Crippen LogP contribution in [0, 0.1) is 6.92 Å². The zero-order chi connectivity index (χ0) is 20.8. The van der Waals surface area contributed by atoms with Crippen LogP contribution in [-0.4, -0.2) is 9.55 Å². The Kier molecular flexibility index (Phi) is 4.10. The second-order valence-electron chi connectivity index (χ2n) is 8.26.